The monoisotopic (exact) mass is 377 g/mol. The molecule has 2 aromatic carbocycles. The number of hydrogen-bond donors (Lipinski definition) is 3. The van der Waals surface area contributed by atoms with Crippen molar-refractivity contribution in [2.75, 3.05) is 0 Å². The van der Waals surface area contributed by atoms with Crippen LogP contribution in [0.3, 0.4) is 0 Å². The molecule has 142 valence electrons. The maximum absolute atomic E-state index is 12.8. The molecule has 1 atom stereocenters. The molecule has 0 radical (unpaired) electrons. The van der Waals surface area contributed by atoms with Crippen LogP contribution in [-0.2, 0) is 11.2 Å². The van der Waals surface area contributed by atoms with Crippen molar-refractivity contribution in [3.8, 4) is 0 Å². The van der Waals surface area contributed by atoms with Gasteiger partial charge in [0.15, 0.2) is 5.69 Å². The Morgan fingerprint density at radius 2 is 1.82 bits per heavy atom. The Morgan fingerprint density at radius 1 is 1.11 bits per heavy atom. The molecular formula is C20H19N5O3. The normalized spacial score (nSPS) is 19.1. The van der Waals surface area contributed by atoms with Crippen LogP contribution in [0, 0.1) is 0 Å². The fourth-order valence-corrected chi connectivity index (χ4v) is 3.29. The number of carbonyl (C=O) groups is 3. The molecule has 0 bridgehead atoms. The number of carbonyl (C=O) groups excluding carboxylic acids is 3. The van der Waals surface area contributed by atoms with E-state index in [1.807, 2.05) is 36.4 Å². The smallest absolute Gasteiger partial charge is 0.322 e. The van der Waals surface area contributed by atoms with Gasteiger partial charge in [0.25, 0.3) is 11.8 Å². The summed E-state index contributed by atoms with van der Waals surface area (Å²) >= 11 is 0. The highest BCUT2D eigenvalue weighted by Crippen LogP contribution is 2.23. The van der Waals surface area contributed by atoms with Crippen LogP contribution >= 0.6 is 0 Å². The van der Waals surface area contributed by atoms with Gasteiger partial charge in [-0.05, 0) is 31.4 Å². The molecule has 3 N–H and O–H groups in total. The molecule has 0 saturated carbocycles. The second kappa shape index (κ2) is 6.80. The summed E-state index contributed by atoms with van der Waals surface area (Å²) < 4.78 is 0. The molecule has 1 fully saturated rings. The van der Waals surface area contributed by atoms with Gasteiger partial charge in [0.05, 0.1) is 5.52 Å². The number of hydrogen-bond acceptors (Lipinski definition) is 4. The number of fused-ring (bicyclic) bond motifs is 1. The van der Waals surface area contributed by atoms with Crippen LogP contribution < -0.4 is 10.7 Å². The minimum Gasteiger partial charge on any atom is -0.322 e. The standard InChI is InChI=1S/C20H19N5O3/c1-20(12-11-13-7-3-2-4-8-13)18(27)25(19(28)21-20)24-17(26)16-14-9-5-6-10-15(14)22-23-16/h2-10H,11-12H2,1H3,(H,21,28)(H,22,23)(H,24,26). The zero-order valence-corrected chi connectivity index (χ0v) is 15.2. The van der Waals surface area contributed by atoms with E-state index in [-0.39, 0.29) is 5.69 Å². The molecule has 8 nitrogen and oxygen atoms in total. The van der Waals surface area contributed by atoms with Crippen LogP contribution in [-0.4, -0.2) is 38.6 Å². The molecule has 1 aromatic heterocycles. The fraction of sp³-hybridized carbons (Fsp3) is 0.200. The van der Waals surface area contributed by atoms with E-state index >= 15 is 0 Å². The summed E-state index contributed by atoms with van der Waals surface area (Å²) in [6.45, 7) is 1.66. The molecule has 8 heteroatoms. The minimum absolute atomic E-state index is 0.120. The number of urea groups is 1. The molecule has 1 saturated heterocycles. The van der Waals surface area contributed by atoms with Crippen molar-refractivity contribution in [3.63, 3.8) is 0 Å². The lowest BCUT2D eigenvalue weighted by Gasteiger charge is -2.21. The first-order valence-corrected chi connectivity index (χ1v) is 8.93. The van der Waals surface area contributed by atoms with Crippen LogP contribution in [0.2, 0.25) is 0 Å². The van der Waals surface area contributed by atoms with Crippen molar-refractivity contribution in [1.82, 2.24) is 25.9 Å². The van der Waals surface area contributed by atoms with Gasteiger partial charge in [-0.15, -0.1) is 0 Å². The lowest BCUT2D eigenvalue weighted by molar-refractivity contribution is -0.132. The van der Waals surface area contributed by atoms with E-state index in [9.17, 15) is 14.4 Å². The molecule has 0 spiro atoms. The topological polar surface area (TPSA) is 107 Å². The number of nitrogens with one attached hydrogen (secondary N) is 3. The van der Waals surface area contributed by atoms with Gasteiger partial charge in [0.2, 0.25) is 0 Å². The minimum atomic E-state index is -1.09. The highest BCUT2D eigenvalue weighted by Gasteiger charge is 2.48. The lowest BCUT2D eigenvalue weighted by Crippen LogP contribution is -2.49. The Morgan fingerprint density at radius 3 is 2.61 bits per heavy atom. The van der Waals surface area contributed by atoms with Gasteiger partial charge in [-0.25, -0.2) is 4.79 Å². The first kappa shape index (κ1) is 17.7. The van der Waals surface area contributed by atoms with E-state index in [0.29, 0.717) is 23.7 Å². The zero-order chi connectivity index (χ0) is 19.7. The van der Waals surface area contributed by atoms with E-state index in [1.54, 1.807) is 25.1 Å². The van der Waals surface area contributed by atoms with Crippen molar-refractivity contribution in [2.45, 2.75) is 25.3 Å². The van der Waals surface area contributed by atoms with Crippen molar-refractivity contribution in [2.24, 2.45) is 0 Å². The number of aryl methyl sites for hydroxylation is 1. The van der Waals surface area contributed by atoms with Crippen LogP contribution in [0.25, 0.3) is 10.9 Å². The van der Waals surface area contributed by atoms with Gasteiger partial charge in [0.1, 0.15) is 5.54 Å². The van der Waals surface area contributed by atoms with Crippen molar-refractivity contribution in [3.05, 3.63) is 65.9 Å². The van der Waals surface area contributed by atoms with E-state index in [1.165, 1.54) is 0 Å². The number of aromatic amines is 1. The molecule has 1 unspecified atom stereocenters. The van der Waals surface area contributed by atoms with Crippen molar-refractivity contribution < 1.29 is 14.4 Å². The van der Waals surface area contributed by atoms with Crippen molar-refractivity contribution >= 4 is 28.7 Å². The van der Waals surface area contributed by atoms with Crippen LogP contribution in [0.15, 0.2) is 54.6 Å². The Labute approximate surface area is 160 Å². The van der Waals surface area contributed by atoms with E-state index in [0.717, 1.165) is 10.6 Å². The second-order valence-electron chi connectivity index (χ2n) is 6.95. The Kier molecular flexibility index (Phi) is 4.31. The van der Waals surface area contributed by atoms with Crippen LogP contribution in [0.5, 0.6) is 0 Å². The molecule has 1 aliphatic heterocycles. The predicted molar refractivity (Wildman–Crippen MR) is 102 cm³/mol. The number of rotatable bonds is 5. The van der Waals surface area contributed by atoms with Gasteiger partial charge < -0.3 is 5.32 Å². The first-order chi connectivity index (χ1) is 13.5. The van der Waals surface area contributed by atoms with Gasteiger partial charge in [-0.2, -0.15) is 10.1 Å². The first-order valence-electron chi connectivity index (χ1n) is 8.93. The SMILES string of the molecule is CC1(CCc2ccccc2)NC(=O)N(NC(=O)c2n[nH]c3ccccc23)C1=O. The number of imide groups is 1. The molecule has 2 heterocycles. The molecular weight excluding hydrogens is 358 g/mol. The number of amides is 4. The third-order valence-corrected chi connectivity index (χ3v) is 4.92. The van der Waals surface area contributed by atoms with Gasteiger partial charge in [0, 0.05) is 5.39 Å². The number of nitrogens with zero attached hydrogens (tertiary/aromatic N) is 2. The summed E-state index contributed by atoms with van der Waals surface area (Å²) in [7, 11) is 0. The molecule has 0 aliphatic carbocycles. The maximum atomic E-state index is 12.8. The van der Waals surface area contributed by atoms with Crippen LogP contribution in [0.4, 0.5) is 4.79 Å². The summed E-state index contributed by atoms with van der Waals surface area (Å²) in [4.78, 5) is 37.7. The Bertz CT molecular complexity index is 1060. The molecule has 28 heavy (non-hydrogen) atoms. The van der Waals surface area contributed by atoms with Crippen molar-refractivity contribution in [1.29, 1.82) is 0 Å². The third kappa shape index (κ3) is 3.09. The average molecular weight is 377 g/mol. The summed E-state index contributed by atoms with van der Waals surface area (Å²) in [5.74, 6) is -1.13. The maximum Gasteiger partial charge on any atom is 0.344 e. The number of H-pyrrole nitrogens is 1. The predicted octanol–water partition coefficient (Wildman–Crippen LogP) is 2.15. The lowest BCUT2D eigenvalue weighted by atomic mass is 9.93. The highest BCUT2D eigenvalue weighted by atomic mass is 16.2. The van der Waals surface area contributed by atoms with Gasteiger partial charge in [-0.1, -0.05) is 48.5 Å². The fourth-order valence-electron chi connectivity index (χ4n) is 3.29. The van der Waals surface area contributed by atoms with E-state index < -0.39 is 23.4 Å². The number of hydrazine groups is 1. The number of aromatic nitrogens is 2. The zero-order valence-electron chi connectivity index (χ0n) is 15.2. The largest absolute Gasteiger partial charge is 0.344 e. The van der Waals surface area contributed by atoms with E-state index in [2.05, 4.69) is 20.9 Å². The molecule has 3 aromatic rings. The Balaban J connectivity index is 1.48. The molecule has 4 rings (SSSR count). The van der Waals surface area contributed by atoms with E-state index in [4.69, 9.17) is 0 Å². The molecule has 1 aliphatic rings. The third-order valence-electron chi connectivity index (χ3n) is 4.92. The summed E-state index contributed by atoms with van der Waals surface area (Å²) in [5.41, 5.74) is 3.16. The summed E-state index contributed by atoms with van der Waals surface area (Å²) in [5, 5.41) is 10.8. The second-order valence-corrected chi connectivity index (χ2v) is 6.95. The van der Waals surface area contributed by atoms with Gasteiger partial charge >= 0.3 is 6.03 Å². The van der Waals surface area contributed by atoms with Gasteiger partial charge in [-0.3, -0.25) is 20.1 Å². The quantitative estimate of drug-likeness (QED) is 0.592. The summed E-state index contributed by atoms with van der Waals surface area (Å²) in [6.07, 6.45) is 1.04. The molecule has 4 amide bonds. The highest BCUT2D eigenvalue weighted by molar-refractivity contribution is 6.11. The number of para-hydroxylation sites is 1. The summed E-state index contributed by atoms with van der Waals surface area (Å²) in [6, 6.07) is 16.2. The van der Waals surface area contributed by atoms with Crippen LogP contribution in [0.1, 0.15) is 29.4 Å². The average Bonchev–Trinajstić information content (AvgIpc) is 3.22. The Hall–Kier alpha value is -3.68. The number of benzene rings is 2.